The lowest BCUT2D eigenvalue weighted by Crippen LogP contribution is -2.41. The number of amides is 1. The van der Waals surface area contributed by atoms with E-state index in [1.165, 1.54) is 5.56 Å². The molecule has 1 unspecified atom stereocenters. The van der Waals surface area contributed by atoms with Crippen LogP contribution < -0.4 is 0 Å². The first-order chi connectivity index (χ1) is 11.3. The molecule has 1 amide bonds. The monoisotopic (exact) mass is 330 g/mol. The third-order valence-electron chi connectivity index (χ3n) is 4.31. The second-order valence-electron chi connectivity index (χ2n) is 6.05. The van der Waals surface area contributed by atoms with Crippen molar-refractivity contribution in [2.75, 3.05) is 19.7 Å². The number of hydrogen-bond acceptors (Lipinski definition) is 4. The van der Waals surface area contributed by atoms with Crippen LogP contribution in [0.3, 0.4) is 0 Å². The molecule has 122 valence electrons. The second kappa shape index (κ2) is 7.70. The highest BCUT2D eigenvalue weighted by Gasteiger charge is 2.25. The van der Waals surface area contributed by atoms with Crippen molar-refractivity contribution in [1.29, 1.82) is 0 Å². The lowest BCUT2D eigenvalue weighted by atomic mass is 9.99. The zero-order valence-electron chi connectivity index (χ0n) is 13.1. The molecule has 2 heterocycles. The standard InChI is InChI=1S/C18H22N2O2S/c21-12-15-7-4-10-20(11-15)18(22)16-13-23-17(19-16)9-8-14-5-2-1-3-6-14/h1-3,5-6,13,15,21H,4,7-12H2. The lowest BCUT2D eigenvalue weighted by Gasteiger charge is -2.31. The van der Waals surface area contributed by atoms with Crippen molar-refractivity contribution in [1.82, 2.24) is 9.88 Å². The van der Waals surface area contributed by atoms with Gasteiger partial charge in [-0.25, -0.2) is 4.98 Å². The Labute approximate surface area is 140 Å². The Kier molecular flexibility index (Phi) is 5.41. The van der Waals surface area contributed by atoms with E-state index in [0.717, 1.165) is 37.2 Å². The van der Waals surface area contributed by atoms with Gasteiger partial charge in [-0.2, -0.15) is 0 Å². The molecule has 4 nitrogen and oxygen atoms in total. The summed E-state index contributed by atoms with van der Waals surface area (Å²) in [6, 6.07) is 10.3. The number of rotatable bonds is 5. The minimum atomic E-state index is 0.00496. The van der Waals surface area contributed by atoms with E-state index < -0.39 is 0 Å². The molecule has 0 radical (unpaired) electrons. The molecule has 5 heteroatoms. The van der Waals surface area contributed by atoms with Gasteiger partial charge < -0.3 is 10.0 Å². The highest BCUT2D eigenvalue weighted by Crippen LogP contribution is 2.20. The molecule has 0 spiro atoms. The Morgan fingerprint density at radius 1 is 1.30 bits per heavy atom. The average molecular weight is 330 g/mol. The van der Waals surface area contributed by atoms with Crippen LogP contribution in [0.25, 0.3) is 0 Å². The Morgan fingerprint density at radius 3 is 2.91 bits per heavy atom. The van der Waals surface area contributed by atoms with E-state index in [2.05, 4.69) is 17.1 Å². The fraction of sp³-hybridized carbons (Fsp3) is 0.444. The number of benzene rings is 1. The number of carbonyl (C=O) groups excluding carboxylic acids is 1. The normalized spacial score (nSPS) is 18.1. The molecule has 0 bridgehead atoms. The maximum Gasteiger partial charge on any atom is 0.273 e. The predicted octanol–water partition coefficient (Wildman–Crippen LogP) is 2.77. The van der Waals surface area contributed by atoms with E-state index in [4.69, 9.17) is 0 Å². The van der Waals surface area contributed by atoms with Gasteiger partial charge in [0.25, 0.3) is 5.91 Å². The number of nitrogens with zero attached hydrogens (tertiary/aromatic N) is 2. The quantitative estimate of drug-likeness (QED) is 0.917. The van der Waals surface area contributed by atoms with Crippen molar-refractivity contribution >= 4 is 17.2 Å². The summed E-state index contributed by atoms with van der Waals surface area (Å²) in [6.45, 7) is 1.57. The minimum absolute atomic E-state index is 0.00496. The average Bonchev–Trinajstić information content (AvgIpc) is 3.09. The van der Waals surface area contributed by atoms with Gasteiger partial charge in [-0.1, -0.05) is 30.3 Å². The van der Waals surface area contributed by atoms with Crippen LogP contribution >= 0.6 is 11.3 Å². The molecule has 0 saturated carbocycles. The van der Waals surface area contributed by atoms with Gasteiger partial charge in [-0.3, -0.25) is 4.79 Å². The number of aliphatic hydroxyl groups excluding tert-OH is 1. The molecule has 1 N–H and O–H groups in total. The van der Waals surface area contributed by atoms with E-state index in [1.54, 1.807) is 11.3 Å². The number of hydrogen-bond donors (Lipinski definition) is 1. The summed E-state index contributed by atoms with van der Waals surface area (Å²) in [5.74, 6) is 0.217. The van der Waals surface area contributed by atoms with Gasteiger partial charge in [0.2, 0.25) is 0 Å². The third kappa shape index (κ3) is 4.18. The zero-order chi connectivity index (χ0) is 16.1. The van der Waals surface area contributed by atoms with Crippen molar-refractivity contribution in [2.24, 2.45) is 5.92 Å². The Balaban J connectivity index is 1.59. The van der Waals surface area contributed by atoms with Gasteiger partial charge in [-0.05, 0) is 30.7 Å². The maximum absolute atomic E-state index is 12.5. The fourth-order valence-electron chi connectivity index (χ4n) is 2.98. The molecule has 2 aromatic rings. The van der Waals surface area contributed by atoms with E-state index in [1.807, 2.05) is 28.5 Å². The molecule has 0 aliphatic carbocycles. The Morgan fingerprint density at radius 2 is 2.13 bits per heavy atom. The molecular formula is C18H22N2O2S. The van der Waals surface area contributed by atoms with Gasteiger partial charge in [0.05, 0.1) is 5.01 Å². The van der Waals surface area contributed by atoms with Gasteiger partial charge in [-0.15, -0.1) is 11.3 Å². The molecule has 1 aliphatic heterocycles. The number of thiazole rings is 1. The van der Waals surface area contributed by atoms with Crippen molar-refractivity contribution in [3.05, 3.63) is 52.0 Å². The van der Waals surface area contributed by atoms with Crippen molar-refractivity contribution < 1.29 is 9.90 Å². The number of aromatic nitrogens is 1. The first-order valence-corrected chi connectivity index (χ1v) is 9.02. The summed E-state index contributed by atoms with van der Waals surface area (Å²) in [7, 11) is 0. The van der Waals surface area contributed by atoms with Gasteiger partial charge >= 0.3 is 0 Å². The van der Waals surface area contributed by atoms with Gasteiger partial charge in [0.1, 0.15) is 5.69 Å². The van der Waals surface area contributed by atoms with Crippen LogP contribution in [0.4, 0.5) is 0 Å². The highest BCUT2D eigenvalue weighted by molar-refractivity contribution is 7.09. The van der Waals surface area contributed by atoms with Crippen molar-refractivity contribution in [3.63, 3.8) is 0 Å². The van der Waals surface area contributed by atoms with E-state index in [9.17, 15) is 9.90 Å². The molecule has 1 fully saturated rings. The fourth-order valence-corrected chi connectivity index (χ4v) is 3.75. The second-order valence-corrected chi connectivity index (χ2v) is 7.00. The molecule has 1 saturated heterocycles. The number of aryl methyl sites for hydroxylation is 2. The summed E-state index contributed by atoms with van der Waals surface area (Å²) in [5.41, 5.74) is 1.84. The van der Waals surface area contributed by atoms with E-state index in [0.29, 0.717) is 12.2 Å². The largest absolute Gasteiger partial charge is 0.396 e. The maximum atomic E-state index is 12.5. The van der Waals surface area contributed by atoms with Gasteiger partial charge in [0, 0.05) is 31.5 Å². The molecular weight excluding hydrogens is 308 g/mol. The number of aliphatic hydroxyl groups is 1. The predicted molar refractivity (Wildman–Crippen MR) is 91.7 cm³/mol. The molecule has 1 aromatic carbocycles. The highest BCUT2D eigenvalue weighted by atomic mass is 32.1. The van der Waals surface area contributed by atoms with Crippen LogP contribution in [0, 0.1) is 5.92 Å². The molecule has 3 rings (SSSR count). The number of piperidine rings is 1. The van der Waals surface area contributed by atoms with Gasteiger partial charge in [0.15, 0.2) is 0 Å². The topological polar surface area (TPSA) is 53.4 Å². The van der Waals surface area contributed by atoms with E-state index in [-0.39, 0.29) is 18.4 Å². The first kappa shape index (κ1) is 16.1. The lowest BCUT2D eigenvalue weighted by molar-refractivity contribution is 0.0615. The zero-order valence-corrected chi connectivity index (χ0v) is 14.0. The van der Waals surface area contributed by atoms with Crippen molar-refractivity contribution in [3.8, 4) is 0 Å². The smallest absolute Gasteiger partial charge is 0.273 e. The van der Waals surface area contributed by atoms with E-state index >= 15 is 0 Å². The van der Waals surface area contributed by atoms with Crippen molar-refractivity contribution in [2.45, 2.75) is 25.7 Å². The number of likely N-dealkylation sites (tertiary alicyclic amines) is 1. The molecule has 1 aromatic heterocycles. The van der Waals surface area contributed by atoms with Crippen LogP contribution in [0.15, 0.2) is 35.7 Å². The molecule has 23 heavy (non-hydrogen) atoms. The Hall–Kier alpha value is -1.72. The minimum Gasteiger partial charge on any atom is -0.396 e. The molecule has 1 atom stereocenters. The molecule has 1 aliphatic rings. The summed E-state index contributed by atoms with van der Waals surface area (Å²) >= 11 is 1.56. The van der Waals surface area contributed by atoms with Crippen LogP contribution in [0.2, 0.25) is 0 Å². The number of carbonyl (C=O) groups is 1. The summed E-state index contributed by atoms with van der Waals surface area (Å²) in [4.78, 5) is 18.9. The Bertz CT molecular complexity index is 641. The van der Waals surface area contributed by atoms with Crippen LogP contribution in [0.1, 0.15) is 33.9 Å². The SMILES string of the molecule is O=C(c1csc(CCc2ccccc2)n1)N1CCCC(CO)C1. The summed E-state index contributed by atoms with van der Waals surface area (Å²) < 4.78 is 0. The summed E-state index contributed by atoms with van der Waals surface area (Å²) in [6.07, 6.45) is 3.77. The summed E-state index contributed by atoms with van der Waals surface area (Å²) in [5, 5.41) is 12.2. The first-order valence-electron chi connectivity index (χ1n) is 8.14. The van der Waals surface area contributed by atoms with Crippen LogP contribution in [0.5, 0.6) is 0 Å². The van der Waals surface area contributed by atoms with Crippen LogP contribution in [-0.4, -0.2) is 40.6 Å². The van der Waals surface area contributed by atoms with Crippen LogP contribution in [-0.2, 0) is 12.8 Å². The third-order valence-corrected chi connectivity index (χ3v) is 5.21.